The Bertz CT molecular complexity index is 833. The average Bonchev–Trinajstić information content (AvgIpc) is 2.67. The maximum atomic E-state index is 13.3. The molecule has 0 aliphatic carbocycles. The van der Waals surface area contributed by atoms with Crippen LogP contribution in [0.4, 0.5) is 13.2 Å². The maximum Gasteiger partial charge on any atom is 0.417 e. The zero-order chi connectivity index (χ0) is 20.5. The van der Waals surface area contributed by atoms with Crippen molar-refractivity contribution in [2.75, 3.05) is 39.4 Å². The summed E-state index contributed by atoms with van der Waals surface area (Å²) in [5.74, 6) is -0.389. The number of benzene rings is 1. The van der Waals surface area contributed by atoms with E-state index in [1.165, 1.54) is 0 Å². The van der Waals surface area contributed by atoms with Crippen LogP contribution in [0.15, 0.2) is 23.1 Å². The van der Waals surface area contributed by atoms with Gasteiger partial charge in [0, 0.05) is 37.1 Å². The topological polar surface area (TPSA) is 66.9 Å². The molecule has 0 aromatic heterocycles. The first-order chi connectivity index (χ1) is 13.1. The number of morpholine rings is 1. The summed E-state index contributed by atoms with van der Waals surface area (Å²) in [6.45, 7) is 1.91. The Balaban J connectivity index is 1.74. The second kappa shape index (κ2) is 8.17. The molecule has 0 N–H and O–H groups in total. The lowest BCUT2D eigenvalue weighted by molar-refractivity contribution is -0.141. The first kappa shape index (κ1) is 21.4. The summed E-state index contributed by atoms with van der Waals surface area (Å²) in [6, 6.07) is 2.62. The molecule has 2 saturated heterocycles. The summed E-state index contributed by atoms with van der Waals surface area (Å²) in [7, 11) is -4.36. The number of hydrogen-bond acceptors (Lipinski definition) is 4. The van der Waals surface area contributed by atoms with Crippen molar-refractivity contribution in [1.82, 2.24) is 9.21 Å². The second-order valence-corrected chi connectivity index (χ2v) is 9.10. The number of piperidine rings is 1. The predicted octanol–water partition coefficient (Wildman–Crippen LogP) is 2.62. The third-order valence-electron chi connectivity index (χ3n) is 4.99. The largest absolute Gasteiger partial charge is 0.417 e. The minimum Gasteiger partial charge on any atom is -0.378 e. The van der Waals surface area contributed by atoms with Crippen molar-refractivity contribution in [1.29, 1.82) is 0 Å². The standard InChI is InChI=1S/C17H20ClF3N2O4S/c18-13-1-2-15(14(11-13)17(19,20)21)28(25,26)23-5-3-12(4-6-23)16(24)22-7-9-27-10-8-22/h1-2,11-12H,3-10H2. The molecule has 2 aliphatic rings. The van der Waals surface area contributed by atoms with Crippen LogP contribution in [0, 0.1) is 5.92 Å². The van der Waals surface area contributed by atoms with Gasteiger partial charge in [-0.05, 0) is 31.0 Å². The van der Waals surface area contributed by atoms with Crippen LogP contribution < -0.4 is 0 Å². The third kappa shape index (κ3) is 4.45. The van der Waals surface area contributed by atoms with E-state index in [4.69, 9.17) is 16.3 Å². The number of amides is 1. The number of alkyl halides is 3. The lowest BCUT2D eigenvalue weighted by Crippen LogP contribution is -2.47. The molecule has 1 aromatic rings. The van der Waals surface area contributed by atoms with Gasteiger partial charge in [0.15, 0.2) is 0 Å². The van der Waals surface area contributed by atoms with E-state index in [0.717, 1.165) is 16.4 Å². The first-order valence-corrected chi connectivity index (χ1v) is 10.7. The second-order valence-electron chi connectivity index (χ2n) is 6.75. The average molecular weight is 441 g/mol. The Morgan fingerprint density at radius 3 is 2.29 bits per heavy atom. The van der Waals surface area contributed by atoms with Gasteiger partial charge in [-0.3, -0.25) is 4.79 Å². The number of rotatable bonds is 3. The van der Waals surface area contributed by atoms with E-state index in [1.54, 1.807) is 4.90 Å². The van der Waals surface area contributed by atoms with Crippen LogP contribution in [0.3, 0.4) is 0 Å². The van der Waals surface area contributed by atoms with Gasteiger partial charge in [0.05, 0.1) is 23.7 Å². The molecule has 1 amide bonds. The molecule has 2 aliphatic heterocycles. The summed E-state index contributed by atoms with van der Waals surface area (Å²) < 4.78 is 71.7. The van der Waals surface area contributed by atoms with Gasteiger partial charge in [-0.15, -0.1) is 0 Å². The van der Waals surface area contributed by atoms with E-state index in [0.29, 0.717) is 32.4 Å². The number of hydrogen-bond donors (Lipinski definition) is 0. The van der Waals surface area contributed by atoms with Gasteiger partial charge in [0.25, 0.3) is 0 Å². The highest BCUT2D eigenvalue weighted by Crippen LogP contribution is 2.37. The Morgan fingerprint density at radius 2 is 1.71 bits per heavy atom. The van der Waals surface area contributed by atoms with Gasteiger partial charge in [-0.25, -0.2) is 8.42 Å². The third-order valence-corrected chi connectivity index (χ3v) is 7.18. The summed E-state index contributed by atoms with van der Waals surface area (Å²) >= 11 is 5.63. The van der Waals surface area contributed by atoms with E-state index in [2.05, 4.69) is 0 Å². The number of halogens is 4. The van der Waals surface area contributed by atoms with Crippen LogP contribution in [0.1, 0.15) is 18.4 Å². The quantitative estimate of drug-likeness (QED) is 0.724. The normalized spacial score (nSPS) is 20.4. The van der Waals surface area contributed by atoms with E-state index in [9.17, 15) is 26.4 Å². The molecule has 0 unspecified atom stereocenters. The molecule has 156 valence electrons. The van der Waals surface area contributed by atoms with Crippen molar-refractivity contribution < 1.29 is 31.1 Å². The SMILES string of the molecule is O=C(C1CCN(S(=O)(=O)c2ccc(Cl)cc2C(F)(F)F)CC1)N1CCOCC1. The number of carbonyl (C=O) groups excluding carboxylic acids is 1. The number of ether oxygens (including phenoxy) is 1. The molecular formula is C17H20ClF3N2O4S. The highest BCUT2D eigenvalue weighted by molar-refractivity contribution is 7.89. The van der Waals surface area contributed by atoms with E-state index in [-0.39, 0.29) is 42.8 Å². The van der Waals surface area contributed by atoms with Gasteiger partial charge >= 0.3 is 6.18 Å². The Morgan fingerprint density at radius 1 is 1.11 bits per heavy atom. The van der Waals surface area contributed by atoms with Crippen LogP contribution in [-0.2, 0) is 25.7 Å². The van der Waals surface area contributed by atoms with Gasteiger partial charge in [0.1, 0.15) is 0 Å². The van der Waals surface area contributed by atoms with Crippen LogP contribution >= 0.6 is 11.6 Å². The molecule has 1 aromatic carbocycles. The van der Waals surface area contributed by atoms with Crippen LogP contribution in [0.2, 0.25) is 5.02 Å². The van der Waals surface area contributed by atoms with Crippen LogP contribution in [-0.4, -0.2) is 62.9 Å². The molecule has 0 spiro atoms. The fourth-order valence-corrected chi connectivity index (χ4v) is 5.31. The summed E-state index contributed by atoms with van der Waals surface area (Å²) in [5.41, 5.74) is -1.29. The molecule has 0 atom stereocenters. The van der Waals surface area contributed by atoms with Crippen molar-refractivity contribution in [2.24, 2.45) is 5.92 Å². The number of nitrogens with zero attached hydrogens (tertiary/aromatic N) is 2. The molecular weight excluding hydrogens is 421 g/mol. The van der Waals surface area contributed by atoms with Gasteiger partial charge in [0.2, 0.25) is 15.9 Å². The molecule has 0 bridgehead atoms. The fourth-order valence-electron chi connectivity index (χ4n) is 3.47. The molecule has 3 rings (SSSR count). The minimum absolute atomic E-state index is 0.0109. The highest BCUT2D eigenvalue weighted by atomic mass is 35.5. The molecule has 0 saturated carbocycles. The van der Waals surface area contributed by atoms with Crippen molar-refractivity contribution in [3.63, 3.8) is 0 Å². The van der Waals surface area contributed by atoms with Crippen molar-refractivity contribution in [3.05, 3.63) is 28.8 Å². The van der Waals surface area contributed by atoms with Crippen molar-refractivity contribution in [3.8, 4) is 0 Å². The van der Waals surface area contributed by atoms with Gasteiger partial charge in [-0.2, -0.15) is 17.5 Å². The molecule has 28 heavy (non-hydrogen) atoms. The lowest BCUT2D eigenvalue weighted by atomic mass is 9.96. The summed E-state index contributed by atoms with van der Waals surface area (Å²) in [5, 5.41) is -0.193. The number of carbonyl (C=O) groups is 1. The van der Waals surface area contributed by atoms with E-state index in [1.807, 2.05) is 0 Å². The fraction of sp³-hybridized carbons (Fsp3) is 0.588. The smallest absolute Gasteiger partial charge is 0.378 e. The van der Waals surface area contributed by atoms with Gasteiger partial charge < -0.3 is 9.64 Å². The highest BCUT2D eigenvalue weighted by Gasteiger charge is 2.41. The molecule has 2 heterocycles. The zero-order valence-electron chi connectivity index (χ0n) is 14.9. The predicted molar refractivity (Wildman–Crippen MR) is 95.3 cm³/mol. The molecule has 6 nitrogen and oxygen atoms in total. The Labute approximate surface area is 166 Å². The van der Waals surface area contributed by atoms with Crippen LogP contribution in [0.25, 0.3) is 0 Å². The molecule has 0 radical (unpaired) electrons. The maximum absolute atomic E-state index is 13.3. The Hall–Kier alpha value is -1.36. The number of sulfonamides is 1. The zero-order valence-corrected chi connectivity index (χ0v) is 16.5. The van der Waals surface area contributed by atoms with Crippen molar-refractivity contribution in [2.45, 2.75) is 23.9 Å². The summed E-state index contributed by atoms with van der Waals surface area (Å²) in [4.78, 5) is 13.4. The lowest BCUT2D eigenvalue weighted by Gasteiger charge is -2.35. The Kier molecular flexibility index (Phi) is 6.23. The first-order valence-electron chi connectivity index (χ1n) is 8.84. The minimum atomic E-state index is -4.85. The summed E-state index contributed by atoms with van der Waals surface area (Å²) in [6.07, 6.45) is -4.31. The monoisotopic (exact) mass is 440 g/mol. The van der Waals surface area contributed by atoms with Crippen molar-refractivity contribution >= 4 is 27.5 Å². The molecule has 11 heteroatoms. The van der Waals surface area contributed by atoms with E-state index >= 15 is 0 Å². The van der Waals surface area contributed by atoms with E-state index < -0.39 is 26.7 Å². The van der Waals surface area contributed by atoms with Crippen LogP contribution in [0.5, 0.6) is 0 Å². The molecule has 2 fully saturated rings. The van der Waals surface area contributed by atoms with Gasteiger partial charge in [-0.1, -0.05) is 11.6 Å².